The topological polar surface area (TPSA) is 70.1 Å². The number of nitrogens with one attached hydrogen (secondary N) is 1. The maximum Gasteiger partial charge on any atom is 0.255 e. The van der Waals surface area contributed by atoms with Crippen molar-refractivity contribution in [1.82, 2.24) is 24.4 Å². The van der Waals surface area contributed by atoms with Crippen LogP contribution in [0, 0.1) is 5.92 Å². The highest BCUT2D eigenvalue weighted by atomic mass is 16.1. The van der Waals surface area contributed by atoms with Gasteiger partial charge in [-0.15, -0.1) is 0 Å². The molecule has 0 aromatic carbocycles. The molecular weight excluding hydrogens is 316 g/mol. The predicted molar refractivity (Wildman–Crippen MR) is 96.5 cm³/mol. The first-order valence-electron chi connectivity index (χ1n) is 9.15. The van der Waals surface area contributed by atoms with Gasteiger partial charge in [0.1, 0.15) is 5.82 Å². The van der Waals surface area contributed by atoms with Crippen molar-refractivity contribution in [3.8, 4) is 0 Å². The second kappa shape index (κ2) is 6.63. The zero-order valence-corrected chi connectivity index (χ0v) is 15.0. The highest BCUT2D eigenvalue weighted by molar-refractivity contribution is 5.35. The van der Waals surface area contributed by atoms with Gasteiger partial charge in [-0.2, -0.15) is 0 Å². The van der Waals surface area contributed by atoms with Gasteiger partial charge in [0.05, 0.1) is 12.2 Å². The van der Waals surface area contributed by atoms with Crippen LogP contribution in [0.15, 0.2) is 17.2 Å². The fourth-order valence-electron chi connectivity index (χ4n) is 3.90. The van der Waals surface area contributed by atoms with Crippen LogP contribution in [0.25, 0.3) is 0 Å². The number of rotatable bonds is 3. The van der Waals surface area contributed by atoms with Crippen molar-refractivity contribution in [1.29, 1.82) is 0 Å². The van der Waals surface area contributed by atoms with E-state index in [9.17, 15) is 4.79 Å². The molecule has 7 heteroatoms. The number of imidazole rings is 1. The highest BCUT2D eigenvalue weighted by Gasteiger charge is 2.24. The van der Waals surface area contributed by atoms with E-state index in [1.165, 1.54) is 6.42 Å². The van der Waals surface area contributed by atoms with Crippen LogP contribution in [0.3, 0.4) is 0 Å². The van der Waals surface area contributed by atoms with E-state index < -0.39 is 0 Å². The number of H-pyrrole nitrogens is 1. The molecule has 1 unspecified atom stereocenters. The molecule has 1 fully saturated rings. The zero-order valence-electron chi connectivity index (χ0n) is 15.0. The minimum atomic E-state index is 0.0369. The van der Waals surface area contributed by atoms with Crippen LogP contribution in [0.1, 0.15) is 36.8 Å². The number of aryl methyl sites for hydroxylation is 1. The van der Waals surface area contributed by atoms with E-state index in [0.717, 1.165) is 62.1 Å². The molecule has 2 aromatic heterocycles. The summed E-state index contributed by atoms with van der Waals surface area (Å²) in [6.45, 7) is 6.57. The maximum absolute atomic E-state index is 12.5. The van der Waals surface area contributed by atoms with E-state index in [1.807, 2.05) is 24.0 Å². The molecule has 2 aliphatic heterocycles. The van der Waals surface area contributed by atoms with E-state index in [1.54, 1.807) is 0 Å². The summed E-state index contributed by atoms with van der Waals surface area (Å²) < 4.78 is 2.04. The molecule has 0 radical (unpaired) electrons. The molecule has 25 heavy (non-hydrogen) atoms. The van der Waals surface area contributed by atoms with Gasteiger partial charge in [0.25, 0.3) is 5.56 Å². The van der Waals surface area contributed by atoms with Crippen molar-refractivity contribution in [2.75, 3.05) is 24.5 Å². The van der Waals surface area contributed by atoms with Crippen LogP contribution in [-0.4, -0.2) is 44.1 Å². The van der Waals surface area contributed by atoms with Gasteiger partial charge in [-0.1, -0.05) is 6.92 Å². The molecule has 1 saturated heterocycles. The van der Waals surface area contributed by atoms with Gasteiger partial charge in [-0.25, -0.2) is 9.97 Å². The Morgan fingerprint density at radius 2 is 2.24 bits per heavy atom. The SMILES string of the molecule is CC1CCCN(c2nc3c(c(=O)[nH]2)CCN(Cc2nccn2C)C3)C1. The average molecular weight is 342 g/mol. The molecule has 1 atom stereocenters. The van der Waals surface area contributed by atoms with E-state index in [2.05, 4.69) is 26.7 Å². The molecule has 4 heterocycles. The number of hydrogen-bond donors (Lipinski definition) is 1. The van der Waals surface area contributed by atoms with E-state index in [0.29, 0.717) is 12.5 Å². The number of piperidine rings is 1. The number of hydrogen-bond acceptors (Lipinski definition) is 5. The van der Waals surface area contributed by atoms with Crippen molar-refractivity contribution >= 4 is 5.95 Å². The van der Waals surface area contributed by atoms with E-state index in [4.69, 9.17) is 4.98 Å². The predicted octanol–water partition coefficient (Wildman–Crippen LogP) is 1.30. The standard InChI is InChI=1S/C18H26N6O/c1-13-4-3-7-24(10-13)18-20-15-11-23(8-5-14(15)17(25)21-18)12-16-19-6-9-22(16)2/h6,9,13H,3-5,7-8,10-12H2,1-2H3,(H,20,21,25). The smallest absolute Gasteiger partial charge is 0.255 e. The fourth-order valence-corrected chi connectivity index (χ4v) is 3.90. The first-order chi connectivity index (χ1) is 12.1. The Balaban J connectivity index is 1.56. The number of aromatic nitrogens is 4. The fraction of sp³-hybridized carbons (Fsp3) is 0.611. The zero-order chi connectivity index (χ0) is 17.4. The van der Waals surface area contributed by atoms with Gasteiger partial charge < -0.3 is 9.47 Å². The molecular formula is C18H26N6O. The van der Waals surface area contributed by atoms with Gasteiger partial charge in [-0.05, 0) is 25.2 Å². The van der Waals surface area contributed by atoms with Crippen molar-refractivity contribution < 1.29 is 0 Å². The molecule has 2 aliphatic rings. The normalized spacial score (nSPS) is 21.4. The summed E-state index contributed by atoms with van der Waals surface area (Å²) in [6.07, 6.45) is 6.95. The third-order valence-electron chi connectivity index (χ3n) is 5.38. The lowest BCUT2D eigenvalue weighted by Crippen LogP contribution is -2.39. The van der Waals surface area contributed by atoms with Gasteiger partial charge >= 0.3 is 0 Å². The molecule has 134 valence electrons. The average Bonchev–Trinajstić information content (AvgIpc) is 2.99. The number of anilines is 1. The Bertz CT molecular complexity index is 810. The largest absolute Gasteiger partial charge is 0.342 e. The van der Waals surface area contributed by atoms with Crippen LogP contribution in [0.4, 0.5) is 5.95 Å². The molecule has 7 nitrogen and oxygen atoms in total. The molecule has 2 aromatic rings. The Morgan fingerprint density at radius 1 is 1.36 bits per heavy atom. The Kier molecular flexibility index (Phi) is 4.33. The minimum Gasteiger partial charge on any atom is -0.342 e. The third-order valence-corrected chi connectivity index (χ3v) is 5.38. The van der Waals surface area contributed by atoms with Gasteiger partial charge in [-0.3, -0.25) is 14.7 Å². The molecule has 4 rings (SSSR count). The van der Waals surface area contributed by atoms with Crippen molar-refractivity contribution in [3.05, 3.63) is 39.8 Å². The summed E-state index contributed by atoms with van der Waals surface area (Å²) in [5.74, 6) is 2.43. The number of fused-ring (bicyclic) bond motifs is 1. The van der Waals surface area contributed by atoms with Gasteiger partial charge in [0, 0.05) is 51.2 Å². The number of nitrogens with zero attached hydrogens (tertiary/aromatic N) is 5. The maximum atomic E-state index is 12.5. The Labute approximate surface area is 147 Å². The van der Waals surface area contributed by atoms with E-state index >= 15 is 0 Å². The summed E-state index contributed by atoms with van der Waals surface area (Å²) >= 11 is 0. The summed E-state index contributed by atoms with van der Waals surface area (Å²) in [5, 5.41) is 0. The summed E-state index contributed by atoms with van der Waals surface area (Å²) in [7, 11) is 2.01. The second-order valence-corrected chi connectivity index (χ2v) is 7.42. The third kappa shape index (κ3) is 3.33. The summed E-state index contributed by atoms with van der Waals surface area (Å²) in [5.41, 5.74) is 1.82. The number of aromatic amines is 1. The second-order valence-electron chi connectivity index (χ2n) is 7.42. The quantitative estimate of drug-likeness (QED) is 0.910. The minimum absolute atomic E-state index is 0.0369. The van der Waals surface area contributed by atoms with E-state index in [-0.39, 0.29) is 5.56 Å². The Hall–Kier alpha value is -2.15. The molecule has 1 N–H and O–H groups in total. The first kappa shape index (κ1) is 16.3. The van der Waals surface area contributed by atoms with Crippen LogP contribution < -0.4 is 10.5 Å². The molecule has 0 spiro atoms. The lowest BCUT2D eigenvalue weighted by molar-refractivity contribution is 0.232. The van der Waals surface area contributed by atoms with Crippen LogP contribution in [0.5, 0.6) is 0 Å². The monoisotopic (exact) mass is 342 g/mol. The summed E-state index contributed by atoms with van der Waals surface area (Å²) in [6, 6.07) is 0. The highest BCUT2D eigenvalue weighted by Crippen LogP contribution is 2.22. The van der Waals surface area contributed by atoms with Crippen molar-refractivity contribution in [2.45, 2.75) is 39.3 Å². The van der Waals surface area contributed by atoms with Crippen LogP contribution in [0.2, 0.25) is 0 Å². The van der Waals surface area contributed by atoms with Gasteiger partial charge in [0.15, 0.2) is 0 Å². The lowest BCUT2D eigenvalue weighted by atomic mass is 10.0. The van der Waals surface area contributed by atoms with Crippen LogP contribution >= 0.6 is 0 Å². The van der Waals surface area contributed by atoms with Crippen molar-refractivity contribution in [2.24, 2.45) is 13.0 Å². The lowest BCUT2D eigenvalue weighted by Gasteiger charge is -2.33. The van der Waals surface area contributed by atoms with Crippen LogP contribution in [-0.2, 0) is 26.6 Å². The Morgan fingerprint density at radius 3 is 3.00 bits per heavy atom. The molecule has 0 bridgehead atoms. The first-order valence-corrected chi connectivity index (χ1v) is 9.15. The van der Waals surface area contributed by atoms with Crippen molar-refractivity contribution in [3.63, 3.8) is 0 Å². The summed E-state index contributed by atoms with van der Waals surface area (Å²) in [4.78, 5) is 29.3. The molecule has 0 amide bonds. The molecule has 0 aliphatic carbocycles. The van der Waals surface area contributed by atoms with Gasteiger partial charge in [0.2, 0.25) is 5.95 Å². The molecule has 0 saturated carbocycles.